The summed E-state index contributed by atoms with van der Waals surface area (Å²) < 4.78 is 5.43. The first-order valence-electron chi connectivity index (χ1n) is 8.49. The molecule has 0 radical (unpaired) electrons. The minimum absolute atomic E-state index is 0.234. The van der Waals surface area contributed by atoms with Crippen LogP contribution in [0.3, 0.4) is 0 Å². The third kappa shape index (κ3) is 4.31. The highest BCUT2D eigenvalue weighted by Gasteiger charge is 2.27. The lowest BCUT2D eigenvalue weighted by Gasteiger charge is -2.34. The maximum Gasteiger partial charge on any atom is 0.410 e. The summed E-state index contributed by atoms with van der Waals surface area (Å²) in [5.41, 5.74) is -0.468. The maximum absolute atomic E-state index is 12.1. The van der Waals surface area contributed by atoms with Gasteiger partial charge >= 0.3 is 6.09 Å². The van der Waals surface area contributed by atoms with Crippen molar-refractivity contribution in [2.75, 3.05) is 18.4 Å². The molecule has 1 aromatic heterocycles. The topological polar surface area (TPSA) is 67.3 Å². The van der Waals surface area contributed by atoms with Crippen molar-refractivity contribution in [1.29, 1.82) is 0 Å². The minimum atomic E-state index is -0.468. The van der Waals surface area contributed by atoms with Gasteiger partial charge in [-0.05, 0) is 33.6 Å². The molecule has 7 heteroatoms. The molecule has 0 atom stereocenters. The second kappa shape index (κ2) is 7.04. The van der Waals surface area contributed by atoms with Gasteiger partial charge in [-0.2, -0.15) is 0 Å². The first kappa shape index (κ1) is 17.7. The molecular weight excluding hydrogens is 340 g/mol. The van der Waals surface area contributed by atoms with Crippen molar-refractivity contribution in [1.82, 2.24) is 15.1 Å². The molecule has 2 aromatic rings. The summed E-state index contributed by atoms with van der Waals surface area (Å²) in [6, 6.07) is 8.03. The van der Waals surface area contributed by atoms with Crippen LogP contribution in [-0.2, 0) is 4.74 Å². The van der Waals surface area contributed by atoms with Crippen LogP contribution in [0, 0.1) is 0 Å². The van der Waals surface area contributed by atoms with Gasteiger partial charge in [0.2, 0.25) is 0 Å². The highest BCUT2D eigenvalue weighted by Crippen LogP contribution is 2.27. The van der Waals surface area contributed by atoms with E-state index in [2.05, 4.69) is 15.5 Å². The summed E-state index contributed by atoms with van der Waals surface area (Å²) >= 11 is 6.12. The van der Waals surface area contributed by atoms with Gasteiger partial charge in [-0.25, -0.2) is 4.79 Å². The number of benzene rings is 1. The molecule has 1 N–H and O–H groups in total. The molecule has 25 heavy (non-hydrogen) atoms. The van der Waals surface area contributed by atoms with Crippen LogP contribution in [-0.4, -0.2) is 45.9 Å². The van der Waals surface area contributed by atoms with Crippen LogP contribution in [0.25, 0.3) is 10.8 Å². The SMILES string of the molecule is CC(C)(C)OC(=O)N1CCC(Nc2nnc(Cl)c3ccccc23)CC1. The molecule has 1 fully saturated rings. The summed E-state index contributed by atoms with van der Waals surface area (Å²) in [6.07, 6.45) is 1.41. The number of halogens is 1. The van der Waals surface area contributed by atoms with Crippen molar-refractivity contribution in [3.63, 3.8) is 0 Å². The number of hydrogen-bond acceptors (Lipinski definition) is 5. The second-order valence-corrected chi connectivity index (χ2v) is 7.63. The molecular formula is C18H23ClN4O2. The van der Waals surface area contributed by atoms with E-state index in [0.717, 1.165) is 29.4 Å². The van der Waals surface area contributed by atoms with Crippen molar-refractivity contribution in [3.05, 3.63) is 29.4 Å². The van der Waals surface area contributed by atoms with Crippen LogP contribution in [0.2, 0.25) is 5.15 Å². The van der Waals surface area contributed by atoms with Gasteiger partial charge in [0.15, 0.2) is 11.0 Å². The number of nitrogens with zero attached hydrogens (tertiary/aromatic N) is 3. The number of carbonyl (C=O) groups is 1. The Morgan fingerprint density at radius 2 is 1.84 bits per heavy atom. The highest BCUT2D eigenvalue weighted by atomic mass is 35.5. The number of nitrogens with one attached hydrogen (secondary N) is 1. The number of rotatable bonds is 2. The number of fused-ring (bicyclic) bond motifs is 1. The Morgan fingerprint density at radius 3 is 2.48 bits per heavy atom. The Balaban J connectivity index is 1.63. The van der Waals surface area contributed by atoms with E-state index < -0.39 is 5.60 Å². The van der Waals surface area contributed by atoms with Crippen LogP contribution in [0.4, 0.5) is 10.6 Å². The lowest BCUT2D eigenvalue weighted by molar-refractivity contribution is 0.0210. The number of amides is 1. The molecule has 1 aliphatic rings. The molecule has 1 aromatic carbocycles. The average molecular weight is 363 g/mol. The Labute approximate surface area is 152 Å². The van der Waals surface area contributed by atoms with Gasteiger partial charge in [-0.3, -0.25) is 0 Å². The molecule has 0 bridgehead atoms. The zero-order valence-corrected chi connectivity index (χ0v) is 15.5. The Kier molecular flexibility index (Phi) is 4.99. The number of piperidine rings is 1. The average Bonchev–Trinajstić information content (AvgIpc) is 2.57. The fourth-order valence-corrected chi connectivity index (χ4v) is 3.11. The number of anilines is 1. The van der Waals surface area contributed by atoms with Gasteiger partial charge < -0.3 is 15.0 Å². The first-order chi connectivity index (χ1) is 11.8. The first-order valence-corrected chi connectivity index (χ1v) is 8.87. The van der Waals surface area contributed by atoms with E-state index in [1.165, 1.54) is 0 Å². The van der Waals surface area contributed by atoms with E-state index in [1.54, 1.807) is 4.90 Å². The molecule has 1 saturated heterocycles. The molecule has 0 unspecified atom stereocenters. The summed E-state index contributed by atoms with van der Waals surface area (Å²) in [7, 11) is 0. The van der Waals surface area contributed by atoms with E-state index in [9.17, 15) is 4.79 Å². The van der Waals surface area contributed by atoms with Gasteiger partial charge in [-0.1, -0.05) is 35.9 Å². The Morgan fingerprint density at radius 1 is 1.20 bits per heavy atom. The predicted molar refractivity (Wildman–Crippen MR) is 99.0 cm³/mol. The standard InChI is InChI=1S/C18H23ClN4O2/c1-18(2,3)25-17(24)23-10-8-12(9-11-23)20-16-14-7-5-4-6-13(14)15(19)21-22-16/h4-7,12H,8-11H2,1-3H3,(H,20,22). The summed E-state index contributed by atoms with van der Waals surface area (Å²) in [4.78, 5) is 13.9. The van der Waals surface area contributed by atoms with Crippen molar-refractivity contribution in [2.24, 2.45) is 0 Å². The number of likely N-dealkylation sites (tertiary alicyclic amines) is 1. The second-order valence-electron chi connectivity index (χ2n) is 7.27. The smallest absolute Gasteiger partial charge is 0.410 e. The zero-order valence-electron chi connectivity index (χ0n) is 14.8. The zero-order chi connectivity index (χ0) is 18.0. The van der Waals surface area contributed by atoms with E-state index in [1.807, 2.05) is 45.0 Å². The van der Waals surface area contributed by atoms with Crippen LogP contribution < -0.4 is 5.32 Å². The fraction of sp³-hybridized carbons (Fsp3) is 0.500. The van der Waals surface area contributed by atoms with Crippen LogP contribution in [0.1, 0.15) is 33.6 Å². The summed E-state index contributed by atoms with van der Waals surface area (Å²) in [6.45, 7) is 6.95. The number of hydrogen-bond donors (Lipinski definition) is 1. The van der Waals surface area contributed by atoms with Crippen molar-refractivity contribution in [2.45, 2.75) is 45.3 Å². The quantitative estimate of drug-likeness (QED) is 0.871. The molecule has 6 nitrogen and oxygen atoms in total. The number of ether oxygens (including phenoxy) is 1. The van der Waals surface area contributed by atoms with Crippen LogP contribution in [0.5, 0.6) is 0 Å². The monoisotopic (exact) mass is 362 g/mol. The van der Waals surface area contributed by atoms with Crippen LogP contribution >= 0.6 is 11.6 Å². The summed E-state index contributed by atoms with van der Waals surface area (Å²) in [5.74, 6) is 0.732. The van der Waals surface area contributed by atoms with Gasteiger partial charge in [0, 0.05) is 29.9 Å². The molecule has 0 aliphatic carbocycles. The number of carbonyl (C=O) groups excluding carboxylic acids is 1. The fourth-order valence-electron chi connectivity index (χ4n) is 2.90. The van der Waals surface area contributed by atoms with Crippen molar-refractivity contribution < 1.29 is 9.53 Å². The van der Waals surface area contributed by atoms with Gasteiger partial charge in [0.05, 0.1) is 0 Å². The van der Waals surface area contributed by atoms with E-state index in [-0.39, 0.29) is 12.1 Å². The Bertz CT molecular complexity index is 767. The normalized spacial score (nSPS) is 16.1. The molecule has 3 rings (SSSR count). The summed E-state index contributed by atoms with van der Waals surface area (Å²) in [5, 5.41) is 13.9. The van der Waals surface area contributed by atoms with Gasteiger partial charge in [0.1, 0.15) is 5.60 Å². The van der Waals surface area contributed by atoms with Gasteiger partial charge in [0.25, 0.3) is 0 Å². The van der Waals surface area contributed by atoms with Crippen LogP contribution in [0.15, 0.2) is 24.3 Å². The molecule has 0 spiro atoms. The lowest BCUT2D eigenvalue weighted by atomic mass is 10.0. The highest BCUT2D eigenvalue weighted by molar-refractivity contribution is 6.34. The number of aromatic nitrogens is 2. The van der Waals surface area contributed by atoms with Crippen molar-refractivity contribution >= 4 is 34.3 Å². The van der Waals surface area contributed by atoms with Gasteiger partial charge in [-0.15, -0.1) is 10.2 Å². The molecule has 1 aliphatic heterocycles. The molecule has 134 valence electrons. The molecule has 0 saturated carbocycles. The lowest BCUT2D eigenvalue weighted by Crippen LogP contribution is -2.44. The van der Waals surface area contributed by atoms with Crippen molar-refractivity contribution in [3.8, 4) is 0 Å². The Hall–Kier alpha value is -2.08. The third-order valence-electron chi connectivity index (χ3n) is 4.13. The minimum Gasteiger partial charge on any atom is -0.444 e. The predicted octanol–water partition coefficient (Wildman–Crippen LogP) is 4.09. The largest absolute Gasteiger partial charge is 0.444 e. The van der Waals surface area contributed by atoms with E-state index in [0.29, 0.717) is 18.2 Å². The van der Waals surface area contributed by atoms with E-state index in [4.69, 9.17) is 16.3 Å². The molecule has 2 heterocycles. The van der Waals surface area contributed by atoms with E-state index >= 15 is 0 Å². The molecule has 1 amide bonds. The third-order valence-corrected chi connectivity index (χ3v) is 4.41. The maximum atomic E-state index is 12.1.